The molecule has 3 rings (SSSR count). The van der Waals surface area contributed by atoms with Crippen molar-refractivity contribution in [3.05, 3.63) is 52.8 Å². The number of nitrogens with one attached hydrogen (secondary N) is 1. The van der Waals surface area contributed by atoms with Crippen LogP contribution in [0.5, 0.6) is 0 Å². The molecule has 0 aliphatic heterocycles. The van der Waals surface area contributed by atoms with Crippen molar-refractivity contribution in [3.63, 3.8) is 0 Å². The number of nitrogens with zero attached hydrogens (tertiary/aromatic N) is 3. The van der Waals surface area contributed by atoms with Crippen molar-refractivity contribution in [2.45, 2.75) is 10.8 Å². The lowest BCUT2D eigenvalue weighted by molar-refractivity contribution is 0.562. The van der Waals surface area contributed by atoms with Crippen molar-refractivity contribution in [1.29, 1.82) is 0 Å². The second kappa shape index (κ2) is 6.91. The maximum absolute atomic E-state index is 12.1. The first-order chi connectivity index (χ1) is 11.0. The molecule has 0 aliphatic carbocycles. The zero-order chi connectivity index (χ0) is 16.3. The maximum Gasteiger partial charge on any atom is 0.250 e. The van der Waals surface area contributed by atoms with E-state index in [-0.39, 0.29) is 6.54 Å². The van der Waals surface area contributed by atoms with Gasteiger partial charge in [0.2, 0.25) is 10.0 Å². The summed E-state index contributed by atoms with van der Waals surface area (Å²) in [6.07, 6.45) is 7.08. The van der Waals surface area contributed by atoms with Gasteiger partial charge in [-0.05, 0) is 34.1 Å². The Hall–Kier alpha value is -1.55. The van der Waals surface area contributed by atoms with E-state index in [1.165, 1.54) is 11.3 Å². The molecule has 0 saturated carbocycles. The number of sulfonamides is 1. The number of thiophene rings is 1. The zero-order valence-electron chi connectivity index (χ0n) is 11.9. The Morgan fingerprint density at radius 2 is 2.09 bits per heavy atom. The van der Waals surface area contributed by atoms with Crippen molar-refractivity contribution < 1.29 is 8.42 Å². The summed E-state index contributed by atoms with van der Waals surface area (Å²) in [6, 6.07) is 7.10. The summed E-state index contributed by atoms with van der Waals surface area (Å²) in [6.45, 7) is 0.720. The van der Waals surface area contributed by atoms with E-state index in [0.29, 0.717) is 10.8 Å². The SMILES string of the molecule is O=S(=O)(NCCn1cc(-c2cccnc2)cn1)c1ccc(Br)s1. The minimum absolute atomic E-state index is 0.270. The lowest BCUT2D eigenvalue weighted by Gasteiger charge is -2.04. The van der Waals surface area contributed by atoms with Crippen molar-refractivity contribution in [2.75, 3.05) is 6.54 Å². The van der Waals surface area contributed by atoms with Gasteiger partial charge in [-0.15, -0.1) is 11.3 Å². The number of pyridine rings is 1. The summed E-state index contributed by atoms with van der Waals surface area (Å²) < 4.78 is 29.6. The molecule has 23 heavy (non-hydrogen) atoms. The van der Waals surface area contributed by atoms with E-state index in [1.807, 2.05) is 18.3 Å². The van der Waals surface area contributed by atoms with Crippen LogP contribution in [0.25, 0.3) is 11.1 Å². The first-order valence-corrected chi connectivity index (χ1v) is 9.82. The monoisotopic (exact) mass is 412 g/mol. The summed E-state index contributed by atoms with van der Waals surface area (Å²) in [5.41, 5.74) is 1.92. The van der Waals surface area contributed by atoms with Crippen molar-refractivity contribution in [3.8, 4) is 11.1 Å². The third kappa shape index (κ3) is 4.05. The quantitative estimate of drug-likeness (QED) is 0.674. The summed E-state index contributed by atoms with van der Waals surface area (Å²) in [5.74, 6) is 0. The van der Waals surface area contributed by atoms with Gasteiger partial charge in [0.05, 0.1) is 16.5 Å². The molecule has 0 bridgehead atoms. The van der Waals surface area contributed by atoms with Crippen LogP contribution in [0, 0.1) is 0 Å². The molecule has 3 aromatic heterocycles. The number of halogens is 1. The van der Waals surface area contributed by atoms with E-state index in [4.69, 9.17) is 0 Å². The van der Waals surface area contributed by atoms with Crippen LogP contribution in [0.15, 0.2) is 57.0 Å². The molecule has 0 saturated heterocycles. The summed E-state index contributed by atoms with van der Waals surface area (Å²) in [5, 5.41) is 4.24. The van der Waals surface area contributed by atoms with E-state index in [1.54, 1.807) is 35.4 Å². The Bertz CT molecular complexity index is 890. The van der Waals surface area contributed by atoms with Crippen LogP contribution >= 0.6 is 27.3 Å². The normalized spacial score (nSPS) is 11.7. The Morgan fingerprint density at radius 3 is 2.78 bits per heavy atom. The van der Waals surface area contributed by atoms with E-state index < -0.39 is 10.0 Å². The largest absolute Gasteiger partial charge is 0.271 e. The van der Waals surface area contributed by atoms with Gasteiger partial charge in [-0.2, -0.15) is 5.10 Å². The molecule has 0 radical (unpaired) electrons. The van der Waals surface area contributed by atoms with Crippen LogP contribution in [0.2, 0.25) is 0 Å². The number of aromatic nitrogens is 3. The van der Waals surface area contributed by atoms with E-state index >= 15 is 0 Å². The molecular formula is C14H13BrN4O2S2. The van der Waals surface area contributed by atoms with Gasteiger partial charge >= 0.3 is 0 Å². The van der Waals surface area contributed by atoms with Gasteiger partial charge in [0.1, 0.15) is 4.21 Å². The fourth-order valence-corrected chi connectivity index (χ4v) is 5.05. The second-order valence-electron chi connectivity index (χ2n) is 4.69. The highest BCUT2D eigenvalue weighted by Crippen LogP contribution is 2.25. The molecule has 6 nitrogen and oxygen atoms in total. The van der Waals surface area contributed by atoms with Crippen molar-refractivity contribution in [1.82, 2.24) is 19.5 Å². The highest BCUT2D eigenvalue weighted by atomic mass is 79.9. The molecule has 0 spiro atoms. The highest BCUT2D eigenvalue weighted by molar-refractivity contribution is 9.11. The van der Waals surface area contributed by atoms with Gasteiger partial charge in [0, 0.05) is 36.3 Å². The predicted molar refractivity (Wildman–Crippen MR) is 92.7 cm³/mol. The van der Waals surface area contributed by atoms with Crippen LogP contribution in [0.4, 0.5) is 0 Å². The topological polar surface area (TPSA) is 76.9 Å². The molecule has 9 heteroatoms. The third-order valence-corrected chi connectivity index (χ3v) is 6.65. The lowest BCUT2D eigenvalue weighted by atomic mass is 10.2. The Labute approximate surface area is 146 Å². The highest BCUT2D eigenvalue weighted by Gasteiger charge is 2.15. The van der Waals surface area contributed by atoms with E-state index in [0.717, 1.165) is 14.9 Å². The average Bonchev–Trinajstić information content (AvgIpc) is 3.17. The number of hydrogen-bond donors (Lipinski definition) is 1. The van der Waals surface area contributed by atoms with Gasteiger partial charge in [-0.25, -0.2) is 13.1 Å². The number of hydrogen-bond acceptors (Lipinski definition) is 5. The molecule has 0 aromatic carbocycles. The van der Waals surface area contributed by atoms with Crippen molar-refractivity contribution in [2.24, 2.45) is 0 Å². The minimum Gasteiger partial charge on any atom is -0.271 e. The van der Waals surface area contributed by atoms with Gasteiger partial charge in [0.25, 0.3) is 0 Å². The maximum atomic E-state index is 12.1. The molecule has 0 atom stereocenters. The standard InChI is InChI=1S/C14H13BrN4O2S2/c15-13-3-4-14(22-13)23(20,21)18-6-7-19-10-12(9-17-19)11-2-1-5-16-8-11/h1-5,8-10,18H,6-7H2. The first kappa shape index (κ1) is 16.3. The minimum atomic E-state index is -3.47. The Morgan fingerprint density at radius 1 is 1.22 bits per heavy atom. The molecule has 0 amide bonds. The summed E-state index contributed by atoms with van der Waals surface area (Å²) >= 11 is 4.44. The lowest BCUT2D eigenvalue weighted by Crippen LogP contribution is -2.26. The Balaban J connectivity index is 1.60. The molecule has 1 N–H and O–H groups in total. The first-order valence-electron chi connectivity index (χ1n) is 6.72. The molecular weight excluding hydrogens is 400 g/mol. The molecule has 120 valence electrons. The Kier molecular flexibility index (Phi) is 4.90. The molecule has 3 aromatic rings. The molecule has 3 heterocycles. The van der Waals surface area contributed by atoms with Crippen LogP contribution in [0.1, 0.15) is 0 Å². The van der Waals surface area contributed by atoms with E-state index in [9.17, 15) is 8.42 Å². The predicted octanol–water partition coefficient (Wildman–Crippen LogP) is 2.75. The second-order valence-corrected chi connectivity index (χ2v) is 9.15. The number of rotatable bonds is 6. The fraction of sp³-hybridized carbons (Fsp3) is 0.143. The zero-order valence-corrected chi connectivity index (χ0v) is 15.1. The smallest absolute Gasteiger partial charge is 0.250 e. The average molecular weight is 413 g/mol. The molecule has 0 fully saturated rings. The van der Waals surface area contributed by atoms with Gasteiger partial charge < -0.3 is 0 Å². The van der Waals surface area contributed by atoms with Gasteiger partial charge in [0.15, 0.2) is 0 Å². The molecule has 0 aliphatic rings. The van der Waals surface area contributed by atoms with Crippen LogP contribution < -0.4 is 4.72 Å². The third-order valence-electron chi connectivity index (χ3n) is 3.07. The summed E-state index contributed by atoms with van der Waals surface area (Å²) in [7, 11) is -3.47. The van der Waals surface area contributed by atoms with Crippen molar-refractivity contribution >= 4 is 37.3 Å². The van der Waals surface area contributed by atoms with Crippen LogP contribution in [-0.4, -0.2) is 29.7 Å². The van der Waals surface area contributed by atoms with Gasteiger partial charge in [-0.3, -0.25) is 9.67 Å². The molecule has 0 unspecified atom stereocenters. The summed E-state index contributed by atoms with van der Waals surface area (Å²) in [4.78, 5) is 4.07. The van der Waals surface area contributed by atoms with Crippen LogP contribution in [0.3, 0.4) is 0 Å². The van der Waals surface area contributed by atoms with E-state index in [2.05, 4.69) is 30.7 Å². The fourth-order valence-electron chi connectivity index (χ4n) is 1.98. The van der Waals surface area contributed by atoms with Gasteiger partial charge in [-0.1, -0.05) is 6.07 Å². The van der Waals surface area contributed by atoms with Crippen LogP contribution in [-0.2, 0) is 16.6 Å².